The van der Waals surface area contributed by atoms with Gasteiger partial charge >= 0.3 is 0 Å². The smallest absolute Gasteiger partial charge is 0.132 e. The molecule has 0 aromatic heterocycles. The SMILES string of the molecule is CC(C)(C)c1ccccc1-c1c(F)cccc1Cl. The Morgan fingerprint density at radius 1 is 0.944 bits per heavy atom. The molecule has 2 aromatic carbocycles. The molecule has 0 heterocycles. The van der Waals surface area contributed by atoms with Gasteiger partial charge in [0.1, 0.15) is 5.82 Å². The molecule has 94 valence electrons. The molecule has 2 aromatic rings. The fraction of sp³-hybridized carbons (Fsp3) is 0.250. The Morgan fingerprint density at radius 3 is 2.22 bits per heavy atom. The summed E-state index contributed by atoms with van der Waals surface area (Å²) in [6, 6.07) is 12.6. The average molecular weight is 263 g/mol. The van der Waals surface area contributed by atoms with E-state index >= 15 is 0 Å². The van der Waals surface area contributed by atoms with Crippen LogP contribution in [0.15, 0.2) is 42.5 Å². The van der Waals surface area contributed by atoms with Gasteiger partial charge in [0.15, 0.2) is 0 Å². The Labute approximate surface area is 112 Å². The molecule has 0 spiro atoms. The zero-order valence-corrected chi connectivity index (χ0v) is 11.6. The Kier molecular flexibility index (Phi) is 3.45. The Hall–Kier alpha value is -1.34. The van der Waals surface area contributed by atoms with E-state index in [0.29, 0.717) is 10.6 Å². The summed E-state index contributed by atoms with van der Waals surface area (Å²) >= 11 is 6.15. The van der Waals surface area contributed by atoms with Gasteiger partial charge in [-0.15, -0.1) is 0 Å². The molecule has 0 atom stereocenters. The Balaban J connectivity index is 2.73. The Morgan fingerprint density at radius 2 is 1.61 bits per heavy atom. The third-order valence-electron chi connectivity index (χ3n) is 2.97. The van der Waals surface area contributed by atoms with Gasteiger partial charge in [-0.05, 0) is 28.7 Å². The van der Waals surface area contributed by atoms with Crippen molar-refractivity contribution in [2.24, 2.45) is 0 Å². The van der Waals surface area contributed by atoms with Crippen LogP contribution in [0, 0.1) is 5.82 Å². The maximum Gasteiger partial charge on any atom is 0.132 e. The van der Waals surface area contributed by atoms with Crippen LogP contribution in [0.25, 0.3) is 11.1 Å². The first-order valence-electron chi connectivity index (χ1n) is 5.95. The van der Waals surface area contributed by atoms with Crippen molar-refractivity contribution in [2.45, 2.75) is 26.2 Å². The molecule has 2 heteroatoms. The fourth-order valence-corrected chi connectivity index (χ4v) is 2.38. The molecular formula is C16H16ClF. The monoisotopic (exact) mass is 262 g/mol. The highest BCUT2D eigenvalue weighted by molar-refractivity contribution is 6.33. The van der Waals surface area contributed by atoms with Gasteiger partial charge in [0.25, 0.3) is 0 Å². The zero-order chi connectivity index (χ0) is 13.3. The van der Waals surface area contributed by atoms with Crippen molar-refractivity contribution in [3.05, 3.63) is 58.9 Å². The highest BCUT2D eigenvalue weighted by Gasteiger charge is 2.21. The number of rotatable bonds is 1. The molecule has 0 N–H and O–H groups in total. The number of halogens is 2. The van der Waals surface area contributed by atoms with E-state index in [1.54, 1.807) is 12.1 Å². The minimum atomic E-state index is -0.279. The molecule has 0 aliphatic heterocycles. The van der Waals surface area contributed by atoms with Crippen LogP contribution in [0.5, 0.6) is 0 Å². The van der Waals surface area contributed by atoms with Crippen molar-refractivity contribution < 1.29 is 4.39 Å². The lowest BCUT2D eigenvalue weighted by Crippen LogP contribution is -2.12. The summed E-state index contributed by atoms with van der Waals surface area (Å²) in [5.74, 6) is -0.279. The predicted molar refractivity (Wildman–Crippen MR) is 75.5 cm³/mol. The topological polar surface area (TPSA) is 0 Å². The first kappa shape index (κ1) is 13.1. The van der Waals surface area contributed by atoms with E-state index in [1.807, 2.05) is 24.3 Å². The summed E-state index contributed by atoms with van der Waals surface area (Å²) < 4.78 is 14.0. The molecule has 0 radical (unpaired) electrons. The third kappa shape index (κ3) is 2.41. The fourth-order valence-electron chi connectivity index (χ4n) is 2.11. The summed E-state index contributed by atoms with van der Waals surface area (Å²) in [4.78, 5) is 0. The first-order chi connectivity index (χ1) is 8.41. The maximum absolute atomic E-state index is 14.0. The minimum absolute atomic E-state index is 0.0534. The van der Waals surface area contributed by atoms with Gasteiger partial charge in [-0.2, -0.15) is 0 Å². The van der Waals surface area contributed by atoms with Crippen molar-refractivity contribution in [3.8, 4) is 11.1 Å². The van der Waals surface area contributed by atoms with Crippen LogP contribution < -0.4 is 0 Å². The molecule has 0 saturated heterocycles. The lowest BCUT2D eigenvalue weighted by molar-refractivity contribution is 0.590. The lowest BCUT2D eigenvalue weighted by Gasteiger charge is -2.23. The molecule has 0 amide bonds. The van der Waals surface area contributed by atoms with E-state index in [9.17, 15) is 4.39 Å². The molecule has 0 nitrogen and oxygen atoms in total. The molecule has 0 aliphatic carbocycles. The molecule has 0 saturated carbocycles. The number of benzene rings is 2. The quantitative estimate of drug-likeness (QED) is 0.642. The van der Waals surface area contributed by atoms with Gasteiger partial charge in [-0.3, -0.25) is 0 Å². The van der Waals surface area contributed by atoms with Gasteiger partial charge in [0, 0.05) is 5.56 Å². The second-order valence-electron chi connectivity index (χ2n) is 5.39. The van der Waals surface area contributed by atoms with Crippen molar-refractivity contribution in [2.75, 3.05) is 0 Å². The third-order valence-corrected chi connectivity index (χ3v) is 3.28. The van der Waals surface area contributed by atoms with Crippen LogP contribution in [0.1, 0.15) is 26.3 Å². The van der Waals surface area contributed by atoms with Crippen LogP contribution in [0.3, 0.4) is 0 Å². The van der Waals surface area contributed by atoms with Crippen LogP contribution in [-0.4, -0.2) is 0 Å². The second-order valence-corrected chi connectivity index (χ2v) is 5.80. The van der Waals surface area contributed by atoms with E-state index in [4.69, 9.17) is 11.6 Å². The van der Waals surface area contributed by atoms with Gasteiger partial charge < -0.3 is 0 Å². The standard InChI is InChI=1S/C16H16ClF/c1-16(2,3)12-8-5-4-7-11(12)15-13(17)9-6-10-14(15)18/h4-10H,1-3H3. The predicted octanol–water partition coefficient (Wildman–Crippen LogP) is 5.44. The summed E-state index contributed by atoms with van der Waals surface area (Å²) in [5, 5.41) is 0.451. The van der Waals surface area contributed by atoms with E-state index in [2.05, 4.69) is 20.8 Å². The lowest BCUT2D eigenvalue weighted by atomic mass is 9.82. The van der Waals surface area contributed by atoms with Crippen LogP contribution in [0.4, 0.5) is 4.39 Å². The number of hydrogen-bond acceptors (Lipinski definition) is 0. The Bertz CT molecular complexity index is 547. The molecule has 0 unspecified atom stereocenters. The van der Waals surface area contributed by atoms with E-state index in [-0.39, 0.29) is 11.2 Å². The molecule has 0 aliphatic rings. The van der Waals surface area contributed by atoms with E-state index in [0.717, 1.165) is 11.1 Å². The first-order valence-corrected chi connectivity index (χ1v) is 6.33. The summed E-state index contributed by atoms with van der Waals surface area (Å²) in [6.45, 7) is 6.34. The van der Waals surface area contributed by atoms with Crippen molar-refractivity contribution in [1.82, 2.24) is 0 Å². The van der Waals surface area contributed by atoms with Crippen LogP contribution in [-0.2, 0) is 5.41 Å². The molecule has 0 fully saturated rings. The highest BCUT2D eigenvalue weighted by Crippen LogP contribution is 2.37. The normalized spacial score (nSPS) is 11.6. The van der Waals surface area contributed by atoms with Gasteiger partial charge in [0.05, 0.1) is 5.02 Å². The van der Waals surface area contributed by atoms with Gasteiger partial charge in [0.2, 0.25) is 0 Å². The van der Waals surface area contributed by atoms with Gasteiger partial charge in [-0.25, -0.2) is 4.39 Å². The van der Waals surface area contributed by atoms with Crippen LogP contribution in [0.2, 0.25) is 5.02 Å². The second kappa shape index (κ2) is 4.74. The molecular weight excluding hydrogens is 247 g/mol. The summed E-state index contributed by atoms with van der Waals surface area (Å²) in [7, 11) is 0. The van der Waals surface area contributed by atoms with Crippen molar-refractivity contribution in [3.63, 3.8) is 0 Å². The minimum Gasteiger partial charge on any atom is -0.206 e. The van der Waals surface area contributed by atoms with Gasteiger partial charge in [-0.1, -0.05) is 62.7 Å². The number of hydrogen-bond donors (Lipinski definition) is 0. The summed E-state index contributed by atoms with van der Waals surface area (Å²) in [5.41, 5.74) is 2.40. The highest BCUT2D eigenvalue weighted by atomic mass is 35.5. The summed E-state index contributed by atoms with van der Waals surface area (Å²) in [6.07, 6.45) is 0. The zero-order valence-electron chi connectivity index (χ0n) is 10.8. The van der Waals surface area contributed by atoms with E-state index < -0.39 is 0 Å². The van der Waals surface area contributed by atoms with Crippen LogP contribution >= 0.6 is 11.6 Å². The van der Waals surface area contributed by atoms with Crippen molar-refractivity contribution >= 4 is 11.6 Å². The molecule has 18 heavy (non-hydrogen) atoms. The maximum atomic E-state index is 14.0. The largest absolute Gasteiger partial charge is 0.206 e. The molecule has 0 bridgehead atoms. The average Bonchev–Trinajstić information content (AvgIpc) is 2.28. The molecule has 2 rings (SSSR count). The van der Waals surface area contributed by atoms with E-state index in [1.165, 1.54) is 6.07 Å². The van der Waals surface area contributed by atoms with Crippen molar-refractivity contribution in [1.29, 1.82) is 0 Å².